The summed E-state index contributed by atoms with van der Waals surface area (Å²) in [7, 11) is 0. The molecule has 2 N–H and O–H groups in total. The van der Waals surface area contributed by atoms with Crippen LogP contribution in [0.5, 0.6) is 5.75 Å². The van der Waals surface area contributed by atoms with E-state index in [1.165, 1.54) is 6.42 Å². The van der Waals surface area contributed by atoms with Crippen molar-refractivity contribution in [1.82, 2.24) is 0 Å². The maximum atomic E-state index is 5.89. The van der Waals surface area contributed by atoms with Gasteiger partial charge in [0.05, 0.1) is 6.61 Å². The Labute approximate surface area is 108 Å². The summed E-state index contributed by atoms with van der Waals surface area (Å²) in [6.07, 6.45) is 6.43. The van der Waals surface area contributed by atoms with E-state index in [1.807, 2.05) is 24.3 Å². The summed E-state index contributed by atoms with van der Waals surface area (Å²) in [5.74, 6) is 0.848. The normalized spacial score (nSPS) is 10.2. The summed E-state index contributed by atoms with van der Waals surface area (Å²) in [4.78, 5) is 0. The lowest BCUT2D eigenvalue weighted by Gasteiger charge is -2.10. The molecular weight excluding hydrogens is 234 g/mol. The van der Waals surface area contributed by atoms with E-state index in [-0.39, 0.29) is 0 Å². The van der Waals surface area contributed by atoms with E-state index in [0.717, 1.165) is 37.2 Å². The van der Waals surface area contributed by atoms with Crippen molar-refractivity contribution in [2.24, 2.45) is 5.73 Å². The summed E-state index contributed by atoms with van der Waals surface area (Å²) in [6.45, 7) is 4.88. The third-order valence-electron chi connectivity index (χ3n) is 2.55. The Bertz CT molecular complexity index is 352. The van der Waals surface area contributed by atoms with Crippen LogP contribution in [0.15, 0.2) is 30.9 Å². The first-order chi connectivity index (χ1) is 8.27. The zero-order valence-corrected chi connectivity index (χ0v) is 10.9. The zero-order valence-electron chi connectivity index (χ0n) is 10.1. The summed E-state index contributed by atoms with van der Waals surface area (Å²) in [5.41, 5.74) is 6.60. The third-order valence-corrected chi connectivity index (χ3v) is 2.79. The van der Waals surface area contributed by atoms with E-state index < -0.39 is 0 Å². The minimum absolute atomic E-state index is 0.451. The van der Waals surface area contributed by atoms with Crippen LogP contribution in [-0.4, -0.2) is 6.61 Å². The molecule has 0 radical (unpaired) electrons. The van der Waals surface area contributed by atoms with E-state index in [4.69, 9.17) is 22.1 Å². The summed E-state index contributed by atoms with van der Waals surface area (Å²) in [5, 5.41) is 0.698. The Morgan fingerprint density at radius 2 is 2.12 bits per heavy atom. The number of ether oxygens (including phenoxy) is 1. The van der Waals surface area contributed by atoms with Crippen molar-refractivity contribution in [1.29, 1.82) is 0 Å². The first kappa shape index (κ1) is 14.1. The van der Waals surface area contributed by atoms with Crippen LogP contribution >= 0.6 is 11.6 Å². The van der Waals surface area contributed by atoms with E-state index in [0.29, 0.717) is 11.6 Å². The number of benzene rings is 1. The molecule has 0 atom stereocenters. The molecule has 0 heterocycles. The maximum Gasteiger partial charge on any atom is 0.123 e. The van der Waals surface area contributed by atoms with Crippen molar-refractivity contribution in [2.75, 3.05) is 6.61 Å². The fourth-order valence-corrected chi connectivity index (χ4v) is 1.79. The van der Waals surface area contributed by atoms with Gasteiger partial charge in [-0.1, -0.05) is 17.7 Å². The summed E-state index contributed by atoms with van der Waals surface area (Å²) in [6, 6.07) is 5.57. The molecule has 0 aliphatic heterocycles. The first-order valence-electron chi connectivity index (χ1n) is 6.00. The predicted molar refractivity (Wildman–Crippen MR) is 73.5 cm³/mol. The van der Waals surface area contributed by atoms with Crippen molar-refractivity contribution in [3.05, 3.63) is 41.4 Å². The SMILES string of the molecule is C=CCCCCCOc1ccc(Cl)cc1CN. The lowest BCUT2D eigenvalue weighted by molar-refractivity contribution is 0.302. The molecule has 0 amide bonds. The molecule has 0 aliphatic carbocycles. The van der Waals surface area contributed by atoms with Crippen molar-refractivity contribution in [3.8, 4) is 5.75 Å². The fraction of sp³-hybridized carbons (Fsp3) is 0.429. The van der Waals surface area contributed by atoms with Crippen molar-refractivity contribution >= 4 is 11.6 Å². The molecule has 0 aromatic heterocycles. The monoisotopic (exact) mass is 253 g/mol. The fourth-order valence-electron chi connectivity index (χ4n) is 1.60. The van der Waals surface area contributed by atoms with Crippen LogP contribution in [0, 0.1) is 0 Å². The molecule has 1 rings (SSSR count). The molecule has 0 aliphatic rings. The van der Waals surface area contributed by atoms with Crippen molar-refractivity contribution < 1.29 is 4.74 Å². The molecule has 1 aromatic rings. The summed E-state index contributed by atoms with van der Waals surface area (Å²) < 4.78 is 5.70. The highest BCUT2D eigenvalue weighted by Gasteiger charge is 2.02. The highest BCUT2D eigenvalue weighted by molar-refractivity contribution is 6.30. The first-order valence-corrected chi connectivity index (χ1v) is 6.38. The van der Waals surface area contributed by atoms with Crippen LogP contribution in [0.1, 0.15) is 31.2 Å². The average molecular weight is 254 g/mol. The Kier molecular flexibility index (Phi) is 6.75. The average Bonchev–Trinajstić information content (AvgIpc) is 2.35. The van der Waals surface area contributed by atoms with Gasteiger partial charge in [-0.2, -0.15) is 0 Å². The van der Waals surface area contributed by atoms with Crippen LogP contribution < -0.4 is 10.5 Å². The Morgan fingerprint density at radius 1 is 1.29 bits per heavy atom. The second-order valence-electron chi connectivity index (χ2n) is 3.94. The second kappa shape index (κ2) is 8.15. The molecule has 0 unspecified atom stereocenters. The maximum absolute atomic E-state index is 5.89. The standard InChI is InChI=1S/C14H20ClNO/c1-2-3-4-5-6-9-17-14-8-7-13(15)10-12(14)11-16/h2,7-8,10H,1,3-6,9,11,16H2. The van der Waals surface area contributed by atoms with E-state index in [1.54, 1.807) is 0 Å². The second-order valence-corrected chi connectivity index (χ2v) is 4.38. The molecule has 2 nitrogen and oxygen atoms in total. The third kappa shape index (κ3) is 5.24. The molecule has 0 fully saturated rings. The highest BCUT2D eigenvalue weighted by atomic mass is 35.5. The van der Waals surface area contributed by atoms with Crippen molar-refractivity contribution in [3.63, 3.8) is 0 Å². The lowest BCUT2D eigenvalue weighted by Crippen LogP contribution is -2.03. The summed E-state index contributed by atoms with van der Waals surface area (Å²) >= 11 is 5.89. The zero-order chi connectivity index (χ0) is 12.5. The van der Waals surface area contributed by atoms with Crippen molar-refractivity contribution in [2.45, 2.75) is 32.2 Å². The van der Waals surface area contributed by atoms with E-state index >= 15 is 0 Å². The van der Waals surface area contributed by atoms with Gasteiger partial charge in [-0.05, 0) is 43.9 Å². The number of allylic oxidation sites excluding steroid dienone is 1. The number of halogens is 1. The Hall–Kier alpha value is -0.990. The van der Waals surface area contributed by atoms with Gasteiger partial charge in [-0.25, -0.2) is 0 Å². The van der Waals surface area contributed by atoms with Gasteiger partial charge in [-0.15, -0.1) is 6.58 Å². The topological polar surface area (TPSA) is 35.2 Å². The number of hydrogen-bond donors (Lipinski definition) is 1. The molecule has 1 aromatic carbocycles. The minimum atomic E-state index is 0.451. The van der Waals surface area contributed by atoms with Crippen LogP contribution in [0.3, 0.4) is 0 Å². The molecule has 0 spiro atoms. The van der Waals surface area contributed by atoms with Gasteiger partial charge < -0.3 is 10.5 Å². The number of rotatable bonds is 8. The minimum Gasteiger partial charge on any atom is -0.493 e. The molecule has 0 saturated heterocycles. The lowest BCUT2D eigenvalue weighted by atomic mass is 10.2. The number of unbranched alkanes of at least 4 members (excludes halogenated alkanes) is 3. The van der Waals surface area contributed by atoms with Gasteiger partial charge in [0.25, 0.3) is 0 Å². The van der Waals surface area contributed by atoms with Gasteiger partial charge in [0.1, 0.15) is 5.75 Å². The molecule has 3 heteroatoms. The van der Waals surface area contributed by atoms with Gasteiger partial charge in [-0.3, -0.25) is 0 Å². The van der Waals surface area contributed by atoms with Gasteiger partial charge in [0, 0.05) is 17.1 Å². The number of nitrogens with two attached hydrogens (primary N) is 1. The molecule has 0 saturated carbocycles. The van der Waals surface area contributed by atoms with Crippen LogP contribution in [-0.2, 0) is 6.54 Å². The van der Waals surface area contributed by atoms with Gasteiger partial charge in [0.15, 0.2) is 0 Å². The van der Waals surface area contributed by atoms with Crippen LogP contribution in [0.4, 0.5) is 0 Å². The predicted octanol–water partition coefficient (Wildman–Crippen LogP) is 3.92. The number of hydrogen-bond acceptors (Lipinski definition) is 2. The van der Waals surface area contributed by atoms with E-state index in [2.05, 4.69) is 6.58 Å². The molecular formula is C14H20ClNO. The largest absolute Gasteiger partial charge is 0.493 e. The van der Waals surface area contributed by atoms with Crippen LogP contribution in [0.25, 0.3) is 0 Å². The van der Waals surface area contributed by atoms with Crippen LogP contribution in [0.2, 0.25) is 5.02 Å². The molecule has 17 heavy (non-hydrogen) atoms. The molecule has 94 valence electrons. The Morgan fingerprint density at radius 3 is 2.82 bits per heavy atom. The smallest absolute Gasteiger partial charge is 0.123 e. The molecule has 0 bridgehead atoms. The van der Waals surface area contributed by atoms with Gasteiger partial charge >= 0.3 is 0 Å². The highest BCUT2D eigenvalue weighted by Crippen LogP contribution is 2.22. The van der Waals surface area contributed by atoms with Gasteiger partial charge in [0.2, 0.25) is 0 Å². The Balaban J connectivity index is 2.33. The quantitative estimate of drug-likeness (QED) is 0.563. The van der Waals surface area contributed by atoms with E-state index in [9.17, 15) is 0 Å².